The number of alkyl halides is 7. The van der Waals surface area contributed by atoms with Crippen molar-refractivity contribution in [2.75, 3.05) is 12.4 Å². The Bertz CT molecular complexity index is 497. The lowest BCUT2D eigenvalue weighted by Crippen LogP contribution is -2.59. The molecule has 1 aromatic rings. The van der Waals surface area contributed by atoms with E-state index in [0.717, 1.165) is 12.1 Å². The van der Waals surface area contributed by atoms with Gasteiger partial charge in [-0.1, -0.05) is 15.9 Å². The van der Waals surface area contributed by atoms with Gasteiger partial charge in [0.15, 0.2) is 0 Å². The van der Waals surface area contributed by atoms with Gasteiger partial charge in [0.2, 0.25) is 0 Å². The number of amides is 1. The molecule has 0 radical (unpaired) electrons. The molecular weight excluding hydrogens is 372 g/mol. The molecule has 0 aliphatic carbocycles. The van der Waals surface area contributed by atoms with Crippen molar-refractivity contribution < 1.29 is 35.9 Å². The number of nitrogens with one attached hydrogen (secondary N) is 1. The third-order valence-electron chi connectivity index (χ3n) is 2.44. The van der Waals surface area contributed by atoms with Crippen molar-refractivity contribution >= 4 is 27.5 Å². The standard InChI is InChI=1S/C11H8BrF6NO2/c1-21-7-4-2-6(3-5-7)19-8(20)9(12,10(13,14)15)11(16,17)18/h2-5H,1H3,(H,19,20). The van der Waals surface area contributed by atoms with Crippen LogP contribution in [0.4, 0.5) is 32.0 Å². The zero-order chi connectivity index (χ0) is 16.5. The molecule has 1 rings (SSSR count). The molecule has 0 saturated heterocycles. The Hall–Kier alpha value is -1.45. The van der Waals surface area contributed by atoms with Crippen LogP contribution in [0.2, 0.25) is 0 Å². The van der Waals surface area contributed by atoms with Gasteiger partial charge >= 0.3 is 12.4 Å². The molecule has 0 aliphatic rings. The number of halogens is 7. The summed E-state index contributed by atoms with van der Waals surface area (Å²) in [4.78, 5) is 11.5. The Kier molecular flexibility index (Phi) is 4.81. The third-order valence-corrected chi connectivity index (χ3v) is 3.70. The number of carbonyl (C=O) groups excluding carboxylic acids is 1. The molecule has 3 nitrogen and oxygen atoms in total. The first kappa shape index (κ1) is 17.6. The quantitative estimate of drug-likeness (QED) is 0.639. The van der Waals surface area contributed by atoms with Gasteiger partial charge in [-0.05, 0) is 24.3 Å². The minimum Gasteiger partial charge on any atom is -0.497 e. The number of hydrogen-bond acceptors (Lipinski definition) is 2. The predicted molar refractivity (Wildman–Crippen MR) is 65.4 cm³/mol. The van der Waals surface area contributed by atoms with E-state index < -0.39 is 22.6 Å². The molecule has 1 aromatic carbocycles. The van der Waals surface area contributed by atoms with Gasteiger partial charge in [0.1, 0.15) is 5.75 Å². The largest absolute Gasteiger partial charge is 0.497 e. The lowest BCUT2D eigenvalue weighted by molar-refractivity contribution is -0.253. The third kappa shape index (κ3) is 3.42. The van der Waals surface area contributed by atoms with Crippen LogP contribution >= 0.6 is 15.9 Å². The predicted octanol–water partition coefficient (Wildman–Crippen LogP) is 3.89. The SMILES string of the molecule is COc1ccc(NC(=O)C(Br)(C(F)(F)F)C(F)(F)F)cc1. The summed E-state index contributed by atoms with van der Waals surface area (Å²) < 4.78 is 75.8. The number of rotatable bonds is 3. The second-order valence-electron chi connectivity index (χ2n) is 3.84. The molecule has 0 bridgehead atoms. The topological polar surface area (TPSA) is 38.3 Å². The molecule has 0 heterocycles. The zero-order valence-corrected chi connectivity index (χ0v) is 11.9. The van der Waals surface area contributed by atoms with E-state index in [1.807, 2.05) is 0 Å². The normalized spacial score (nSPS) is 13.0. The van der Waals surface area contributed by atoms with Gasteiger partial charge in [0.05, 0.1) is 7.11 Å². The molecule has 0 unspecified atom stereocenters. The maximum atomic E-state index is 12.6. The fourth-order valence-electron chi connectivity index (χ4n) is 1.31. The summed E-state index contributed by atoms with van der Waals surface area (Å²) in [5.41, 5.74) is -0.238. The molecule has 1 N–H and O–H groups in total. The van der Waals surface area contributed by atoms with Gasteiger partial charge in [-0.25, -0.2) is 0 Å². The molecular formula is C11H8BrF6NO2. The van der Waals surface area contributed by atoms with E-state index in [1.54, 1.807) is 5.32 Å². The number of hydrogen-bond donors (Lipinski definition) is 1. The van der Waals surface area contributed by atoms with Crippen LogP contribution in [0.5, 0.6) is 5.75 Å². The van der Waals surface area contributed by atoms with E-state index in [4.69, 9.17) is 4.74 Å². The van der Waals surface area contributed by atoms with Crippen molar-refractivity contribution in [2.24, 2.45) is 0 Å². The molecule has 0 saturated carbocycles. The monoisotopic (exact) mass is 379 g/mol. The van der Waals surface area contributed by atoms with Gasteiger partial charge in [-0.3, -0.25) is 4.79 Å². The Balaban J connectivity index is 3.08. The van der Waals surface area contributed by atoms with Crippen LogP contribution in [0.25, 0.3) is 0 Å². The van der Waals surface area contributed by atoms with Crippen LogP contribution < -0.4 is 10.1 Å². The number of benzene rings is 1. The fourth-order valence-corrected chi connectivity index (χ4v) is 1.41. The maximum Gasteiger partial charge on any atom is 0.421 e. The van der Waals surface area contributed by atoms with Crippen molar-refractivity contribution in [3.63, 3.8) is 0 Å². The van der Waals surface area contributed by atoms with Crippen LogP contribution in [-0.4, -0.2) is 29.7 Å². The molecule has 10 heteroatoms. The summed E-state index contributed by atoms with van der Waals surface area (Å²) in [6.45, 7) is 0. The van der Waals surface area contributed by atoms with E-state index in [0.29, 0.717) is 5.75 Å². The van der Waals surface area contributed by atoms with Crippen molar-refractivity contribution in [3.05, 3.63) is 24.3 Å². The highest BCUT2D eigenvalue weighted by Gasteiger charge is 2.74. The summed E-state index contributed by atoms with van der Waals surface area (Å²) in [5, 5.41) is 1.57. The van der Waals surface area contributed by atoms with Crippen LogP contribution in [0.15, 0.2) is 24.3 Å². The van der Waals surface area contributed by atoms with E-state index >= 15 is 0 Å². The highest BCUT2D eigenvalue weighted by atomic mass is 79.9. The second-order valence-corrected chi connectivity index (χ2v) is 5.03. The Morgan fingerprint density at radius 3 is 1.81 bits per heavy atom. The molecule has 0 atom stereocenters. The highest BCUT2D eigenvalue weighted by molar-refractivity contribution is 9.10. The zero-order valence-electron chi connectivity index (χ0n) is 10.3. The van der Waals surface area contributed by atoms with Crippen molar-refractivity contribution in [2.45, 2.75) is 16.7 Å². The molecule has 118 valence electrons. The van der Waals surface area contributed by atoms with Crippen LogP contribution in [-0.2, 0) is 4.79 Å². The first-order valence-corrected chi connectivity index (χ1v) is 6.00. The second kappa shape index (κ2) is 5.74. The van der Waals surface area contributed by atoms with E-state index in [-0.39, 0.29) is 5.69 Å². The maximum absolute atomic E-state index is 12.6. The average molecular weight is 380 g/mol. The number of carbonyl (C=O) groups is 1. The van der Waals surface area contributed by atoms with Crippen molar-refractivity contribution in [3.8, 4) is 5.75 Å². The summed E-state index contributed by atoms with van der Waals surface area (Å²) in [7, 11) is 1.32. The molecule has 1 amide bonds. The molecule has 0 fully saturated rings. The van der Waals surface area contributed by atoms with Gasteiger partial charge in [0, 0.05) is 5.69 Å². The summed E-state index contributed by atoms with van der Waals surface area (Å²) >= 11 is 1.49. The van der Waals surface area contributed by atoms with Crippen LogP contribution in [0.3, 0.4) is 0 Å². The first-order valence-electron chi connectivity index (χ1n) is 5.21. The first-order chi connectivity index (χ1) is 9.43. The lowest BCUT2D eigenvalue weighted by atomic mass is 10.1. The summed E-state index contributed by atoms with van der Waals surface area (Å²) in [6.07, 6.45) is -11.7. The number of anilines is 1. The van der Waals surface area contributed by atoms with Crippen molar-refractivity contribution in [1.82, 2.24) is 0 Å². The lowest BCUT2D eigenvalue weighted by Gasteiger charge is -2.30. The number of methoxy groups -OCH3 is 1. The van der Waals surface area contributed by atoms with E-state index in [2.05, 4.69) is 0 Å². The summed E-state index contributed by atoms with van der Waals surface area (Å²) in [5.74, 6) is -1.96. The van der Waals surface area contributed by atoms with Crippen LogP contribution in [0, 0.1) is 0 Å². The van der Waals surface area contributed by atoms with Crippen molar-refractivity contribution in [1.29, 1.82) is 0 Å². The van der Waals surface area contributed by atoms with Gasteiger partial charge in [0.25, 0.3) is 10.2 Å². The number of ether oxygens (including phenoxy) is 1. The Labute approximate surface area is 123 Å². The minimum atomic E-state index is -5.86. The Morgan fingerprint density at radius 1 is 1.05 bits per heavy atom. The van der Waals surface area contributed by atoms with E-state index in [1.165, 1.54) is 35.2 Å². The molecule has 21 heavy (non-hydrogen) atoms. The highest BCUT2D eigenvalue weighted by Crippen LogP contribution is 2.50. The molecule has 0 spiro atoms. The summed E-state index contributed by atoms with van der Waals surface area (Å²) in [6, 6.07) is 4.76. The Morgan fingerprint density at radius 2 is 1.48 bits per heavy atom. The minimum absolute atomic E-state index is 0.238. The molecule has 0 aliphatic heterocycles. The fraction of sp³-hybridized carbons (Fsp3) is 0.364. The van der Waals surface area contributed by atoms with Gasteiger partial charge in [-0.15, -0.1) is 0 Å². The average Bonchev–Trinajstić information content (AvgIpc) is 2.35. The van der Waals surface area contributed by atoms with E-state index in [9.17, 15) is 31.1 Å². The van der Waals surface area contributed by atoms with Crippen LogP contribution in [0.1, 0.15) is 0 Å². The van der Waals surface area contributed by atoms with Gasteiger partial charge < -0.3 is 10.1 Å². The smallest absolute Gasteiger partial charge is 0.421 e. The molecule has 0 aromatic heterocycles. The van der Waals surface area contributed by atoms with Gasteiger partial charge in [-0.2, -0.15) is 26.3 Å².